The van der Waals surface area contributed by atoms with Crippen molar-refractivity contribution in [3.8, 4) is 0 Å². The maximum atomic E-state index is 13.7. The van der Waals surface area contributed by atoms with Gasteiger partial charge in [-0.3, -0.25) is 0 Å². The number of rotatable bonds is 1. The van der Waals surface area contributed by atoms with E-state index in [2.05, 4.69) is 15.9 Å². The zero-order valence-electron chi connectivity index (χ0n) is 10.1. The second kappa shape index (κ2) is 3.96. The van der Waals surface area contributed by atoms with Gasteiger partial charge in [0.15, 0.2) is 0 Å². The molecule has 1 aromatic rings. The molecule has 0 unspecified atom stereocenters. The Morgan fingerprint density at radius 3 is 1.84 bits per heavy atom. The van der Waals surface area contributed by atoms with Crippen LogP contribution in [0.3, 0.4) is 0 Å². The summed E-state index contributed by atoms with van der Waals surface area (Å²) in [5.74, 6) is -6.28. The Morgan fingerprint density at radius 2 is 1.37 bits per heavy atom. The van der Waals surface area contributed by atoms with Gasteiger partial charge in [0.25, 0.3) is 0 Å². The van der Waals surface area contributed by atoms with Crippen LogP contribution in [0.5, 0.6) is 0 Å². The number of hydrogen-bond acceptors (Lipinski definition) is 0. The molecule has 2 aliphatic rings. The van der Waals surface area contributed by atoms with Crippen LogP contribution in [0.15, 0.2) is 28.7 Å². The van der Waals surface area contributed by atoms with Crippen LogP contribution in [0.25, 0.3) is 0 Å². The van der Waals surface area contributed by atoms with E-state index in [0.717, 1.165) is 4.47 Å². The molecule has 0 nitrogen and oxygen atoms in total. The third-order valence-corrected chi connectivity index (χ3v) is 4.97. The lowest BCUT2D eigenvalue weighted by Crippen LogP contribution is -2.28. The molecule has 0 bridgehead atoms. The van der Waals surface area contributed by atoms with Crippen LogP contribution in [0.1, 0.15) is 31.2 Å². The highest BCUT2D eigenvalue weighted by atomic mass is 79.9. The maximum Gasteiger partial charge on any atom is 0.249 e. The summed E-state index contributed by atoms with van der Waals surface area (Å²) in [5, 5.41) is 0. The summed E-state index contributed by atoms with van der Waals surface area (Å²) in [6.45, 7) is 0. The van der Waals surface area contributed by atoms with Gasteiger partial charge in [0.1, 0.15) is 0 Å². The van der Waals surface area contributed by atoms with E-state index in [1.165, 1.54) is 0 Å². The second-order valence-electron chi connectivity index (χ2n) is 5.83. The molecule has 0 heterocycles. The van der Waals surface area contributed by atoms with E-state index in [1.54, 1.807) is 24.3 Å². The number of benzene rings is 1. The average molecular weight is 337 g/mol. The van der Waals surface area contributed by atoms with Gasteiger partial charge in [-0.05, 0) is 23.6 Å². The van der Waals surface area contributed by atoms with E-state index in [1.807, 2.05) is 0 Å². The standard InChI is InChI=1S/C14H13BrF4/c15-11-3-1-9(2-4-11)12-7-13(16,17)5-10(12)6-14(18,19)8-12/h1-4,10H,5-8H2. The molecule has 0 saturated heterocycles. The molecule has 2 fully saturated rings. The first-order valence-corrected chi connectivity index (χ1v) is 7.04. The van der Waals surface area contributed by atoms with Gasteiger partial charge in [-0.2, -0.15) is 0 Å². The molecule has 19 heavy (non-hydrogen) atoms. The van der Waals surface area contributed by atoms with Crippen LogP contribution in [0.2, 0.25) is 0 Å². The molecule has 1 aromatic carbocycles. The van der Waals surface area contributed by atoms with E-state index >= 15 is 0 Å². The predicted octanol–water partition coefficient (Wildman–Crippen LogP) is 5.16. The number of halogens is 5. The minimum absolute atomic E-state index is 0.418. The van der Waals surface area contributed by atoms with E-state index in [-0.39, 0.29) is 0 Å². The van der Waals surface area contributed by atoms with Gasteiger partial charge in [-0.1, -0.05) is 28.1 Å². The minimum Gasteiger partial charge on any atom is -0.207 e. The fourth-order valence-electron chi connectivity index (χ4n) is 3.82. The van der Waals surface area contributed by atoms with Crippen LogP contribution in [0, 0.1) is 5.92 Å². The Morgan fingerprint density at radius 1 is 0.895 bits per heavy atom. The number of alkyl halides is 4. The molecule has 0 amide bonds. The molecule has 0 aliphatic heterocycles. The Kier molecular flexibility index (Phi) is 2.80. The number of hydrogen-bond donors (Lipinski definition) is 0. The molecule has 104 valence electrons. The molecule has 0 N–H and O–H groups in total. The smallest absolute Gasteiger partial charge is 0.207 e. The first kappa shape index (κ1) is 13.4. The number of fused-ring (bicyclic) bond motifs is 1. The highest BCUT2D eigenvalue weighted by Crippen LogP contribution is 2.64. The average Bonchev–Trinajstić information content (AvgIpc) is 2.62. The van der Waals surface area contributed by atoms with Gasteiger partial charge in [0.2, 0.25) is 11.8 Å². The van der Waals surface area contributed by atoms with Crippen LogP contribution in [-0.2, 0) is 5.41 Å². The first-order chi connectivity index (χ1) is 8.73. The summed E-state index contributed by atoms with van der Waals surface area (Å²) in [5.41, 5.74) is -0.441. The van der Waals surface area contributed by atoms with Crippen molar-refractivity contribution in [1.29, 1.82) is 0 Å². The Labute approximate surface area is 117 Å². The summed E-state index contributed by atoms with van der Waals surface area (Å²) in [7, 11) is 0. The Balaban J connectivity index is 2.05. The molecule has 3 rings (SSSR count). The van der Waals surface area contributed by atoms with Gasteiger partial charge >= 0.3 is 0 Å². The van der Waals surface area contributed by atoms with Crippen LogP contribution in [0.4, 0.5) is 17.6 Å². The topological polar surface area (TPSA) is 0 Å². The monoisotopic (exact) mass is 336 g/mol. The van der Waals surface area contributed by atoms with Crippen molar-refractivity contribution in [3.63, 3.8) is 0 Å². The molecule has 0 atom stereocenters. The van der Waals surface area contributed by atoms with Crippen molar-refractivity contribution < 1.29 is 17.6 Å². The van der Waals surface area contributed by atoms with Gasteiger partial charge in [0, 0.05) is 35.6 Å². The van der Waals surface area contributed by atoms with Gasteiger partial charge in [-0.15, -0.1) is 0 Å². The van der Waals surface area contributed by atoms with Crippen LogP contribution in [-0.4, -0.2) is 11.8 Å². The highest BCUT2D eigenvalue weighted by molar-refractivity contribution is 9.10. The van der Waals surface area contributed by atoms with Gasteiger partial charge < -0.3 is 0 Å². The molecule has 0 aromatic heterocycles. The zero-order chi connectivity index (χ0) is 13.9. The van der Waals surface area contributed by atoms with Crippen molar-refractivity contribution in [2.75, 3.05) is 0 Å². The Bertz CT molecular complexity index is 475. The first-order valence-electron chi connectivity index (χ1n) is 6.24. The third kappa shape index (κ3) is 2.20. The van der Waals surface area contributed by atoms with Crippen molar-refractivity contribution in [1.82, 2.24) is 0 Å². The molecular formula is C14H13BrF4. The fraction of sp³-hybridized carbons (Fsp3) is 0.571. The second-order valence-corrected chi connectivity index (χ2v) is 6.75. The summed E-state index contributed by atoms with van der Waals surface area (Å²) in [6.07, 6.45) is -1.75. The molecule has 0 radical (unpaired) electrons. The summed E-state index contributed by atoms with van der Waals surface area (Å²) < 4.78 is 55.5. The molecule has 2 aliphatic carbocycles. The molecule has 0 spiro atoms. The lowest BCUT2D eigenvalue weighted by Gasteiger charge is -2.29. The lowest BCUT2D eigenvalue weighted by molar-refractivity contribution is -0.0366. The quantitative estimate of drug-likeness (QED) is 0.621. The molecule has 2 saturated carbocycles. The maximum absolute atomic E-state index is 13.7. The molecule has 5 heteroatoms. The van der Waals surface area contributed by atoms with E-state index in [9.17, 15) is 17.6 Å². The lowest BCUT2D eigenvalue weighted by atomic mass is 9.74. The van der Waals surface area contributed by atoms with E-state index < -0.39 is 48.9 Å². The van der Waals surface area contributed by atoms with Crippen molar-refractivity contribution in [2.45, 2.75) is 42.9 Å². The zero-order valence-corrected chi connectivity index (χ0v) is 11.7. The summed E-state index contributed by atoms with van der Waals surface area (Å²) in [4.78, 5) is 0. The highest BCUT2D eigenvalue weighted by Gasteiger charge is 2.65. The van der Waals surface area contributed by atoms with Gasteiger partial charge in [0.05, 0.1) is 0 Å². The largest absolute Gasteiger partial charge is 0.249 e. The van der Waals surface area contributed by atoms with E-state index in [0.29, 0.717) is 5.56 Å². The summed E-state index contributed by atoms with van der Waals surface area (Å²) in [6, 6.07) is 6.85. The SMILES string of the molecule is FC1(F)CC2CC(F)(F)CC2(c2ccc(Br)cc2)C1. The van der Waals surface area contributed by atoms with Crippen molar-refractivity contribution in [3.05, 3.63) is 34.3 Å². The van der Waals surface area contributed by atoms with Gasteiger partial charge in [-0.25, -0.2) is 17.6 Å². The third-order valence-electron chi connectivity index (χ3n) is 4.44. The van der Waals surface area contributed by atoms with Crippen LogP contribution >= 0.6 is 15.9 Å². The minimum atomic E-state index is -2.83. The van der Waals surface area contributed by atoms with Crippen LogP contribution < -0.4 is 0 Å². The fourth-order valence-corrected chi connectivity index (χ4v) is 4.09. The summed E-state index contributed by atoms with van der Waals surface area (Å²) >= 11 is 3.27. The Hall–Kier alpha value is -0.580. The normalized spacial score (nSPS) is 35.3. The van der Waals surface area contributed by atoms with E-state index in [4.69, 9.17) is 0 Å². The van der Waals surface area contributed by atoms with Crippen molar-refractivity contribution in [2.24, 2.45) is 5.92 Å². The molecular weight excluding hydrogens is 324 g/mol. The van der Waals surface area contributed by atoms with Crippen molar-refractivity contribution >= 4 is 15.9 Å². The predicted molar refractivity (Wildman–Crippen MR) is 67.7 cm³/mol.